The third kappa shape index (κ3) is 4.56. The number of carboxylic acid groups (broad SMARTS) is 1. The Kier molecular flexibility index (Phi) is 5.76. The lowest BCUT2D eigenvalue weighted by atomic mass is 9.98. The Hall–Kier alpha value is -3.03. The van der Waals surface area contributed by atoms with Gasteiger partial charge >= 0.3 is 12.1 Å². The van der Waals surface area contributed by atoms with Crippen LogP contribution in [0.2, 0.25) is 0 Å². The maximum atomic E-state index is 12.3. The van der Waals surface area contributed by atoms with Gasteiger partial charge in [-0.2, -0.15) is 0 Å². The van der Waals surface area contributed by atoms with Crippen molar-refractivity contribution in [2.45, 2.75) is 51.7 Å². The highest BCUT2D eigenvalue weighted by atomic mass is 16.6. The van der Waals surface area contributed by atoms with Crippen LogP contribution in [0.4, 0.5) is 4.79 Å². The Morgan fingerprint density at radius 2 is 1.94 bits per heavy atom. The minimum absolute atomic E-state index is 0.0502. The maximum absolute atomic E-state index is 12.3. The Balaban J connectivity index is 1.22. The fraction of sp³-hybridized carbons (Fsp3) is 0.560. The maximum Gasteiger partial charge on any atom is 0.409 e. The molecule has 1 aromatic heterocycles. The Morgan fingerprint density at radius 3 is 2.64 bits per heavy atom. The van der Waals surface area contributed by atoms with Crippen molar-refractivity contribution >= 4 is 12.1 Å². The van der Waals surface area contributed by atoms with Crippen LogP contribution in [-0.4, -0.2) is 46.9 Å². The van der Waals surface area contributed by atoms with E-state index in [0.717, 1.165) is 36.9 Å². The molecule has 33 heavy (non-hydrogen) atoms. The van der Waals surface area contributed by atoms with E-state index < -0.39 is 5.97 Å². The molecule has 0 aliphatic heterocycles. The quantitative estimate of drug-likeness (QED) is 0.626. The van der Waals surface area contributed by atoms with Gasteiger partial charge in [0.1, 0.15) is 18.5 Å². The molecule has 0 saturated heterocycles. The van der Waals surface area contributed by atoms with Gasteiger partial charge in [-0.1, -0.05) is 5.16 Å². The second kappa shape index (κ2) is 8.72. The number of aliphatic carboxylic acids is 1. The predicted molar refractivity (Wildman–Crippen MR) is 119 cm³/mol. The molecule has 0 radical (unpaired) electrons. The highest BCUT2D eigenvalue weighted by molar-refractivity contribution is 5.74. The molecule has 2 aromatic rings. The minimum atomic E-state index is -0.705. The van der Waals surface area contributed by atoms with Crippen LogP contribution in [0.3, 0.4) is 0 Å². The minimum Gasteiger partial charge on any atom is -0.490 e. The molecule has 8 heteroatoms. The van der Waals surface area contributed by atoms with E-state index >= 15 is 0 Å². The summed E-state index contributed by atoms with van der Waals surface area (Å²) in [7, 11) is 1.76. The van der Waals surface area contributed by atoms with Gasteiger partial charge in [0.15, 0.2) is 5.76 Å². The largest absolute Gasteiger partial charge is 0.490 e. The Labute approximate surface area is 192 Å². The summed E-state index contributed by atoms with van der Waals surface area (Å²) >= 11 is 0. The van der Waals surface area contributed by atoms with Gasteiger partial charge in [-0.15, -0.1) is 0 Å². The number of carboxylic acids is 1. The lowest BCUT2D eigenvalue weighted by molar-refractivity contribution is -0.139. The molecule has 1 aromatic carbocycles. The summed E-state index contributed by atoms with van der Waals surface area (Å²) in [6.07, 6.45) is 4.83. The van der Waals surface area contributed by atoms with Gasteiger partial charge in [-0.3, -0.25) is 4.79 Å². The Bertz CT molecular complexity index is 1030. The second-order valence-electron chi connectivity index (χ2n) is 9.67. The van der Waals surface area contributed by atoms with Crippen molar-refractivity contribution in [3.63, 3.8) is 0 Å². The number of carbonyl (C=O) groups is 2. The molecule has 4 unspecified atom stereocenters. The van der Waals surface area contributed by atoms with Crippen LogP contribution in [-0.2, 0) is 16.1 Å². The number of benzene rings is 1. The zero-order valence-electron chi connectivity index (χ0n) is 19.0. The normalized spacial score (nSPS) is 25.8. The molecule has 3 saturated carbocycles. The van der Waals surface area contributed by atoms with Crippen LogP contribution < -0.4 is 4.74 Å². The third-order valence-electron chi connectivity index (χ3n) is 7.24. The average molecular weight is 455 g/mol. The fourth-order valence-corrected chi connectivity index (χ4v) is 5.16. The molecule has 1 amide bonds. The molecule has 3 fully saturated rings. The molecular formula is C25H30N2O6. The number of rotatable bonds is 8. The second-order valence-corrected chi connectivity index (χ2v) is 9.67. The number of fused-ring (bicyclic) bond motifs is 1. The number of aryl methyl sites for hydroxylation is 1. The van der Waals surface area contributed by atoms with Gasteiger partial charge in [0, 0.05) is 25.1 Å². The number of carbonyl (C=O) groups excluding carboxylic acids is 1. The average Bonchev–Trinajstić information content (AvgIpc) is 3.71. The number of hydrogen-bond donors (Lipinski definition) is 1. The summed E-state index contributed by atoms with van der Waals surface area (Å²) in [5.41, 5.74) is 2.25. The van der Waals surface area contributed by atoms with Crippen LogP contribution >= 0.6 is 0 Å². The summed E-state index contributed by atoms with van der Waals surface area (Å²) in [5, 5.41) is 13.5. The number of ether oxygens (including phenoxy) is 2. The SMILES string of the molecule is Cc1noc(-c2ccc(OC3CCCC4C(C(=O)O)C34)cc2)c1COC(=O)N(C)CC1CC1. The van der Waals surface area contributed by atoms with Crippen LogP contribution in [0, 0.1) is 30.6 Å². The van der Waals surface area contributed by atoms with Crippen molar-refractivity contribution in [1.29, 1.82) is 0 Å². The molecule has 0 bridgehead atoms. The topological polar surface area (TPSA) is 102 Å². The zero-order valence-corrected chi connectivity index (χ0v) is 19.0. The van der Waals surface area contributed by atoms with Crippen molar-refractivity contribution in [2.75, 3.05) is 13.6 Å². The lowest BCUT2D eigenvalue weighted by Crippen LogP contribution is -2.29. The van der Waals surface area contributed by atoms with E-state index in [1.165, 1.54) is 12.8 Å². The molecule has 8 nitrogen and oxygen atoms in total. The van der Waals surface area contributed by atoms with Crippen LogP contribution in [0.1, 0.15) is 43.4 Å². The smallest absolute Gasteiger partial charge is 0.409 e. The summed E-state index contributed by atoms with van der Waals surface area (Å²) in [4.78, 5) is 25.3. The van der Waals surface area contributed by atoms with E-state index in [0.29, 0.717) is 23.1 Å². The number of amides is 1. The van der Waals surface area contributed by atoms with Crippen molar-refractivity contribution < 1.29 is 28.7 Å². The standard InChI is InChI=1S/C25H30N2O6/c1-14-19(13-31-25(30)27(2)12-15-6-7-15)23(33-26-14)16-8-10-17(11-9-16)32-20-5-3-4-18-21(20)22(18)24(28)29/h8-11,15,18,20-22H,3-7,12-13H2,1-2H3,(H,28,29). The van der Waals surface area contributed by atoms with Crippen molar-refractivity contribution in [3.8, 4) is 17.1 Å². The zero-order chi connectivity index (χ0) is 23.1. The highest BCUT2D eigenvalue weighted by Gasteiger charge is 2.60. The van der Waals surface area contributed by atoms with Gasteiger partial charge in [0.2, 0.25) is 0 Å². The van der Waals surface area contributed by atoms with Gasteiger partial charge in [-0.25, -0.2) is 4.79 Å². The molecule has 176 valence electrons. The molecule has 5 rings (SSSR count). The first kappa shape index (κ1) is 21.8. The van der Waals surface area contributed by atoms with E-state index in [1.54, 1.807) is 11.9 Å². The Morgan fingerprint density at radius 1 is 1.18 bits per heavy atom. The number of aromatic nitrogens is 1. The number of hydrogen-bond acceptors (Lipinski definition) is 6. The van der Waals surface area contributed by atoms with Gasteiger partial charge in [0.25, 0.3) is 0 Å². The highest BCUT2D eigenvalue weighted by Crippen LogP contribution is 2.56. The van der Waals surface area contributed by atoms with Crippen molar-refractivity contribution in [3.05, 3.63) is 35.5 Å². The first-order chi connectivity index (χ1) is 15.9. The van der Waals surface area contributed by atoms with Crippen molar-refractivity contribution in [1.82, 2.24) is 10.1 Å². The predicted octanol–water partition coefficient (Wildman–Crippen LogP) is 4.51. The first-order valence-electron chi connectivity index (χ1n) is 11.8. The van der Waals surface area contributed by atoms with E-state index in [2.05, 4.69) is 5.16 Å². The monoisotopic (exact) mass is 454 g/mol. The molecule has 4 atom stereocenters. The molecule has 1 N–H and O–H groups in total. The van der Waals surface area contributed by atoms with Crippen LogP contribution in [0.5, 0.6) is 5.75 Å². The molecule has 3 aliphatic carbocycles. The van der Waals surface area contributed by atoms with E-state index in [9.17, 15) is 14.7 Å². The van der Waals surface area contributed by atoms with E-state index in [1.807, 2.05) is 31.2 Å². The fourth-order valence-electron chi connectivity index (χ4n) is 5.16. The van der Waals surface area contributed by atoms with Gasteiger partial charge in [0.05, 0.1) is 17.2 Å². The first-order valence-corrected chi connectivity index (χ1v) is 11.8. The molecular weight excluding hydrogens is 424 g/mol. The molecule has 0 spiro atoms. The lowest BCUT2D eigenvalue weighted by Gasteiger charge is -2.22. The number of nitrogens with zero attached hydrogens (tertiary/aromatic N) is 2. The summed E-state index contributed by atoms with van der Waals surface area (Å²) in [5.74, 6) is 1.30. The van der Waals surface area contributed by atoms with Gasteiger partial charge in [-0.05, 0) is 75.1 Å². The van der Waals surface area contributed by atoms with Gasteiger partial charge < -0.3 is 24.0 Å². The van der Waals surface area contributed by atoms with Crippen LogP contribution in [0.25, 0.3) is 11.3 Å². The molecule has 3 aliphatic rings. The summed E-state index contributed by atoms with van der Waals surface area (Å²) in [6.45, 7) is 2.65. The van der Waals surface area contributed by atoms with E-state index in [4.69, 9.17) is 14.0 Å². The van der Waals surface area contributed by atoms with Crippen LogP contribution in [0.15, 0.2) is 28.8 Å². The third-order valence-corrected chi connectivity index (χ3v) is 7.24. The summed E-state index contributed by atoms with van der Waals surface area (Å²) < 4.78 is 17.2. The molecule has 1 heterocycles. The van der Waals surface area contributed by atoms with Crippen molar-refractivity contribution in [2.24, 2.45) is 23.7 Å². The van der Waals surface area contributed by atoms with E-state index in [-0.39, 0.29) is 36.6 Å². The summed E-state index contributed by atoms with van der Waals surface area (Å²) in [6, 6.07) is 7.52.